The zero-order valence-corrected chi connectivity index (χ0v) is 10.4. The molecule has 1 aromatic carbocycles. The topological polar surface area (TPSA) is 78.6 Å². The van der Waals surface area contributed by atoms with Crippen LogP contribution in [-0.2, 0) is 4.74 Å². The predicted molar refractivity (Wildman–Crippen MR) is 66.7 cm³/mol. The van der Waals surface area contributed by atoms with Crippen LogP contribution in [0.4, 0.5) is 0 Å². The van der Waals surface area contributed by atoms with E-state index in [0.717, 1.165) is 0 Å². The third-order valence-corrected chi connectivity index (χ3v) is 2.41. The van der Waals surface area contributed by atoms with Crippen molar-refractivity contribution in [2.75, 3.05) is 13.7 Å². The van der Waals surface area contributed by atoms with Crippen LogP contribution in [0.3, 0.4) is 0 Å². The summed E-state index contributed by atoms with van der Waals surface area (Å²) in [6.07, 6.45) is 1.56. The van der Waals surface area contributed by atoms with Crippen molar-refractivity contribution in [3.8, 4) is 5.75 Å². The molecule has 0 heterocycles. The number of nitrogens with two attached hydrogens (primary N) is 1. The molecule has 0 saturated carbocycles. The van der Waals surface area contributed by atoms with Gasteiger partial charge in [0.25, 0.3) is 0 Å². The van der Waals surface area contributed by atoms with E-state index in [2.05, 4.69) is 11.3 Å². The van der Waals surface area contributed by atoms with Crippen molar-refractivity contribution in [3.63, 3.8) is 0 Å². The molecule has 1 aromatic rings. The van der Waals surface area contributed by atoms with Crippen LogP contribution >= 0.6 is 0 Å². The number of carbonyl (C=O) groups is 2. The van der Waals surface area contributed by atoms with Gasteiger partial charge in [-0.05, 0) is 19.1 Å². The number of carbonyl (C=O) groups excluding carboxylic acids is 2. The van der Waals surface area contributed by atoms with Crippen molar-refractivity contribution in [2.24, 2.45) is 5.73 Å². The summed E-state index contributed by atoms with van der Waals surface area (Å²) in [5.74, 6) is -0.769. The molecule has 0 atom stereocenters. The second kappa shape index (κ2) is 5.86. The minimum absolute atomic E-state index is 0.195. The van der Waals surface area contributed by atoms with Gasteiger partial charge in [-0.1, -0.05) is 12.7 Å². The maximum absolute atomic E-state index is 11.6. The standard InChI is InChI=1S/C13H15NO4/c1-4-5-18-11-7-9(12(14)15)6-10(8(11)2)13(16)17-3/h4,6-7H,1,5H2,2-3H3,(H2,14,15). The molecule has 0 aliphatic heterocycles. The Labute approximate surface area is 105 Å². The van der Waals surface area contributed by atoms with Gasteiger partial charge in [-0.2, -0.15) is 0 Å². The Morgan fingerprint density at radius 3 is 2.61 bits per heavy atom. The molecule has 2 N–H and O–H groups in total. The largest absolute Gasteiger partial charge is 0.489 e. The average molecular weight is 249 g/mol. The van der Waals surface area contributed by atoms with E-state index >= 15 is 0 Å². The van der Waals surface area contributed by atoms with Crippen molar-refractivity contribution in [3.05, 3.63) is 41.5 Å². The van der Waals surface area contributed by atoms with Gasteiger partial charge in [0.1, 0.15) is 12.4 Å². The monoisotopic (exact) mass is 249 g/mol. The highest BCUT2D eigenvalue weighted by Crippen LogP contribution is 2.24. The SMILES string of the molecule is C=CCOc1cc(C(N)=O)cc(C(=O)OC)c1C. The summed E-state index contributed by atoms with van der Waals surface area (Å²) in [5, 5.41) is 0. The Kier molecular flexibility index (Phi) is 4.48. The molecular weight excluding hydrogens is 234 g/mol. The highest BCUT2D eigenvalue weighted by atomic mass is 16.5. The molecule has 1 amide bonds. The fourth-order valence-electron chi connectivity index (χ4n) is 1.45. The fourth-order valence-corrected chi connectivity index (χ4v) is 1.45. The first-order valence-electron chi connectivity index (χ1n) is 5.27. The molecule has 5 nitrogen and oxygen atoms in total. The van der Waals surface area contributed by atoms with Gasteiger partial charge in [0.2, 0.25) is 5.91 Å². The number of primary amides is 1. The van der Waals surface area contributed by atoms with Crippen molar-refractivity contribution < 1.29 is 19.1 Å². The zero-order valence-electron chi connectivity index (χ0n) is 10.4. The van der Waals surface area contributed by atoms with E-state index in [9.17, 15) is 9.59 Å². The van der Waals surface area contributed by atoms with Gasteiger partial charge >= 0.3 is 5.97 Å². The number of benzene rings is 1. The molecular formula is C13H15NO4. The van der Waals surface area contributed by atoms with Gasteiger partial charge in [0.15, 0.2) is 0 Å². The molecule has 0 radical (unpaired) electrons. The molecule has 18 heavy (non-hydrogen) atoms. The summed E-state index contributed by atoms with van der Waals surface area (Å²) in [6.45, 7) is 5.50. The normalized spacial score (nSPS) is 9.67. The lowest BCUT2D eigenvalue weighted by Gasteiger charge is -2.12. The van der Waals surface area contributed by atoms with Gasteiger partial charge in [0.05, 0.1) is 12.7 Å². The minimum Gasteiger partial charge on any atom is -0.489 e. The van der Waals surface area contributed by atoms with Gasteiger partial charge in [-0.15, -0.1) is 0 Å². The highest BCUT2D eigenvalue weighted by molar-refractivity contribution is 5.98. The van der Waals surface area contributed by atoms with E-state index in [1.165, 1.54) is 19.2 Å². The third kappa shape index (κ3) is 2.88. The van der Waals surface area contributed by atoms with Crippen LogP contribution in [0.15, 0.2) is 24.8 Å². The van der Waals surface area contributed by atoms with Crippen molar-refractivity contribution in [2.45, 2.75) is 6.92 Å². The van der Waals surface area contributed by atoms with E-state index < -0.39 is 11.9 Å². The second-order valence-corrected chi connectivity index (χ2v) is 3.60. The minimum atomic E-state index is -0.636. The van der Waals surface area contributed by atoms with Crippen LogP contribution in [0.2, 0.25) is 0 Å². The molecule has 0 fully saturated rings. The average Bonchev–Trinajstić information content (AvgIpc) is 2.36. The molecule has 5 heteroatoms. The summed E-state index contributed by atoms with van der Waals surface area (Å²) >= 11 is 0. The number of hydrogen-bond acceptors (Lipinski definition) is 4. The molecule has 0 aromatic heterocycles. The Hall–Kier alpha value is -2.30. The Balaban J connectivity index is 3.32. The molecule has 0 bridgehead atoms. The number of hydrogen-bond donors (Lipinski definition) is 1. The fraction of sp³-hybridized carbons (Fsp3) is 0.231. The number of amides is 1. The van der Waals surface area contributed by atoms with Crippen molar-refractivity contribution in [1.82, 2.24) is 0 Å². The lowest BCUT2D eigenvalue weighted by molar-refractivity contribution is 0.0599. The molecule has 0 saturated heterocycles. The number of methoxy groups -OCH3 is 1. The van der Waals surface area contributed by atoms with Crippen LogP contribution in [0.1, 0.15) is 26.3 Å². The number of rotatable bonds is 5. The van der Waals surface area contributed by atoms with Crippen molar-refractivity contribution in [1.29, 1.82) is 0 Å². The van der Waals surface area contributed by atoms with Gasteiger partial charge in [-0.25, -0.2) is 4.79 Å². The van der Waals surface area contributed by atoms with Gasteiger partial charge in [0, 0.05) is 11.1 Å². The van der Waals surface area contributed by atoms with Crippen LogP contribution in [-0.4, -0.2) is 25.6 Å². The van der Waals surface area contributed by atoms with Crippen LogP contribution in [0.25, 0.3) is 0 Å². The first kappa shape index (κ1) is 13.8. The smallest absolute Gasteiger partial charge is 0.338 e. The van der Waals surface area contributed by atoms with E-state index in [0.29, 0.717) is 11.3 Å². The van der Waals surface area contributed by atoms with E-state index in [4.69, 9.17) is 10.5 Å². The van der Waals surface area contributed by atoms with Gasteiger partial charge in [-0.3, -0.25) is 4.79 Å². The van der Waals surface area contributed by atoms with E-state index in [1.807, 2.05) is 0 Å². The number of esters is 1. The Bertz CT molecular complexity index is 494. The number of ether oxygens (including phenoxy) is 2. The maximum Gasteiger partial charge on any atom is 0.338 e. The molecule has 0 spiro atoms. The van der Waals surface area contributed by atoms with Crippen molar-refractivity contribution >= 4 is 11.9 Å². The third-order valence-electron chi connectivity index (χ3n) is 2.41. The molecule has 96 valence electrons. The summed E-state index contributed by atoms with van der Waals surface area (Å²) in [7, 11) is 1.27. The second-order valence-electron chi connectivity index (χ2n) is 3.60. The highest BCUT2D eigenvalue weighted by Gasteiger charge is 2.17. The van der Waals surface area contributed by atoms with Crippen LogP contribution < -0.4 is 10.5 Å². The summed E-state index contributed by atoms with van der Waals surface area (Å²) in [4.78, 5) is 22.8. The molecule has 0 aliphatic rings. The summed E-state index contributed by atoms with van der Waals surface area (Å²) in [6, 6.07) is 2.89. The van der Waals surface area contributed by atoms with Gasteiger partial charge < -0.3 is 15.2 Å². The molecule has 0 unspecified atom stereocenters. The first-order chi connectivity index (χ1) is 8.51. The van der Waals surface area contributed by atoms with E-state index in [1.54, 1.807) is 13.0 Å². The van der Waals surface area contributed by atoms with Crippen LogP contribution in [0.5, 0.6) is 5.75 Å². The lowest BCUT2D eigenvalue weighted by atomic mass is 10.0. The lowest BCUT2D eigenvalue weighted by Crippen LogP contribution is -2.14. The maximum atomic E-state index is 11.6. The Morgan fingerprint density at radius 2 is 2.11 bits per heavy atom. The van der Waals surface area contributed by atoms with E-state index in [-0.39, 0.29) is 17.7 Å². The Morgan fingerprint density at radius 1 is 1.44 bits per heavy atom. The molecule has 0 aliphatic carbocycles. The first-order valence-corrected chi connectivity index (χ1v) is 5.27. The quantitative estimate of drug-likeness (QED) is 0.632. The predicted octanol–water partition coefficient (Wildman–Crippen LogP) is 1.45. The zero-order chi connectivity index (χ0) is 13.7. The summed E-state index contributed by atoms with van der Waals surface area (Å²) < 4.78 is 10.0. The van der Waals surface area contributed by atoms with Crippen LogP contribution in [0, 0.1) is 6.92 Å². The summed E-state index contributed by atoms with van der Waals surface area (Å²) in [5.41, 5.74) is 6.25. The molecule has 1 rings (SSSR count).